The second kappa shape index (κ2) is 8.23. The SMILES string of the molecule is Cc1ccc(-c2nc(C)sc2CC(=O)NCCc2ccc(F)cc2)cc1. The van der Waals surface area contributed by atoms with E-state index in [9.17, 15) is 9.18 Å². The van der Waals surface area contributed by atoms with Crippen LogP contribution in [0.4, 0.5) is 4.39 Å². The number of thiazole rings is 1. The minimum Gasteiger partial charge on any atom is -0.355 e. The van der Waals surface area contributed by atoms with Crippen molar-refractivity contribution in [2.24, 2.45) is 0 Å². The molecule has 3 aromatic rings. The van der Waals surface area contributed by atoms with Crippen molar-refractivity contribution in [1.82, 2.24) is 10.3 Å². The molecule has 26 heavy (non-hydrogen) atoms. The summed E-state index contributed by atoms with van der Waals surface area (Å²) in [5.41, 5.74) is 4.12. The highest BCUT2D eigenvalue weighted by Crippen LogP contribution is 2.28. The van der Waals surface area contributed by atoms with Crippen LogP contribution < -0.4 is 5.32 Å². The van der Waals surface area contributed by atoms with Crippen LogP contribution in [0.15, 0.2) is 48.5 Å². The van der Waals surface area contributed by atoms with E-state index in [1.165, 1.54) is 17.7 Å². The zero-order valence-electron chi connectivity index (χ0n) is 14.9. The third-order valence-electron chi connectivity index (χ3n) is 4.10. The van der Waals surface area contributed by atoms with Gasteiger partial charge in [0, 0.05) is 17.0 Å². The average Bonchev–Trinajstić information content (AvgIpc) is 2.97. The van der Waals surface area contributed by atoms with Crippen molar-refractivity contribution in [3.05, 3.63) is 75.4 Å². The molecule has 134 valence electrons. The average molecular weight is 368 g/mol. The molecule has 0 spiro atoms. The maximum absolute atomic E-state index is 12.9. The molecule has 2 aromatic carbocycles. The molecule has 3 rings (SSSR count). The topological polar surface area (TPSA) is 42.0 Å². The third kappa shape index (κ3) is 4.76. The molecule has 0 saturated heterocycles. The predicted octanol–water partition coefficient (Wildman–Crippen LogP) is 4.47. The molecule has 3 nitrogen and oxygen atoms in total. The number of carbonyl (C=O) groups is 1. The molecule has 0 saturated carbocycles. The molecule has 0 unspecified atom stereocenters. The molecule has 1 N–H and O–H groups in total. The number of halogens is 1. The highest BCUT2D eigenvalue weighted by molar-refractivity contribution is 7.12. The highest BCUT2D eigenvalue weighted by Gasteiger charge is 2.14. The van der Waals surface area contributed by atoms with Gasteiger partial charge in [0.1, 0.15) is 5.82 Å². The summed E-state index contributed by atoms with van der Waals surface area (Å²) in [5.74, 6) is -0.272. The van der Waals surface area contributed by atoms with E-state index < -0.39 is 0 Å². The van der Waals surface area contributed by atoms with Crippen LogP contribution in [-0.2, 0) is 17.6 Å². The van der Waals surface area contributed by atoms with Crippen molar-refractivity contribution >= 4 is 17.2 Å². The van der Waals surface area contributed by atoms with E-state index in [-0.39, 0.29) is 11.7 Å². The van der Waals surface area contributed by atoms with Crippen LogP contribution in [0.25, 0.3) is 11.3 Å². The molecule has 1 amide bonds. The first-order chi connectivity index (χ1) is 12.5. The Morgan fingerprint density at radius 1 is 1.08 bits per heavy atom. The van der Waals surface area contributed by atoms with Gasteiger partial charge in [0.15, 0.2) is 0 Å². The fraction of sp³-hybridized carbons (Fsp3) is 0.238. The second-order valence-corrected chi connectivity index (χ2v) is 7.56. The van der Waals surface area contributed by atoms with E-state index in [4.69, 9.17) is 0 Å². The van der Waals surface area contributed by atoms with E-state index in [1.54, 1.807) is 23.5 Å². The number of hydrogen-bond donors (Lipinski definition) is 1. The van der Waals surface area contributed by atoms with Crippen LogP contribution in [0.1, 0.15) is 21.0 Å². The number of hydrogen-bond acceptors (Lipinski definition) is 3. The Morgan fingerprint density at radius 3 is 2.46 bits per heavy atom. The van der Waals surface area contributed by atoms with E-state index in [0.717, 1.165) is 26.7 Å². The van der Waals surface area contributed by atoms with Crippen LogP contribution in [0.5, 0.6) is 0 Å². The number of nitrogens with zero attached hydrogens (tertiary/aromatic N) is 1. The van der Waals surface area contributed by atoms with E-state index in [1.807, 2.05) is 26.0 Å². The third-order valence-corrected chi connectivity index (χ3v) is 5.07. The number of nitrogens with one attached hydrogen (secondary N) is 1. The Morgan fingerprint density at radius 2 is 1.77 bits per heavy atom. The molecule has 1 heterocycles. The second-order valence-electron chi connectivity index (χ2n) is 6.27. The number of aromatic nitrogens is 1. The van der Waals surface area contributed by atoms with Gasteiger partial charge in [-0.3, -0.25) is 4.79 Å². The number of rotatable bonds is 6. The van der Waals surface area contributed by atoms with Gasteiger partial charge in [-0.2, -0.15) is 0 Å². The summed E-state index contributed by atoms with van der Waals surface area (Å²) in [6.07, 6.45) is 0.997. The first-order valence-electron chi connectivity index (χ1n) is 8.56. The lowest BCUT2D eigenvalue weighted by atomic mass is 10.1. The van der Waals surface area contributed by atoms with Crippen molar-refractivity contribution < 1.29 is 9.18 Å². The lowest BCUT2D eigenvalue weighted by molar-refractivity contribution is -0.120. The number of aryl methyl sites for hydroxylation is 2. The van der Waals surface area contributed by atoms with Crippen LogP contribution in [0, 0.1) is 19.7 Å². The molecule has 0 aliphatic carbocycles. The van der Waals surface area contributed by atoms with Crippen molar-refractivity contribution in [3.63, 3.8) is 0 Å². The normalized spacial score (nSPS) is 10.7. The quantitative estimate of drug-likeness (QED) is 0.698. The molecule has 0 aliphatic heterocycles. The number of carbonyl (C=O) groups excluding carboxylic acids is 1. The fourth-order valence-corrected chi connectivity index (χ4v) is 3.69. The zero-order chi connectivity index (χ0) is 18.5. The van der Waals surface area contributed by atoms with Crippen molar-refractivity contribution in [2.45, 2.75) is 26.7 Å². The van der Waals surface area contributed by atoms with Crippen LogP contribution in [-0.4, -0.2) is 17.4 Å². The summed E-state index contributed by atoms with van der Waals surface area (Å²) in [7, 11) is 0. The van der Waals surface area contributed by atoms with Crippen LogP contribution in [0.3, 0.4) is 0 Å². The summed E-state index contributed by atoms with van der Waals surface area (Å²) in [6.45, 7) is 4.53. The fourth-order valence-electron chi connectivity index (χ4n) is 2.73. The smallest absolute Gasteiger partial charge is 0.225 e. The summed E-state index contributed by atoms with van der Waals surface area (Å²) >= 11 is 1.56. The molecular formula is C21H21FN2OS. The van der Waals surface area contributed by atoms with Gasteiger partial charge in [0.25, 0.3) is 0 Å². The summed E-state index contributed by atoms with van der Waals surface area (Å²) in [5, 5.41) is 3.89. The minimum absolute atomic E-state index is 0.0240. The van der Waals surface area contributed by atoms with E-state index in [0.29, 0.717) is 19.4 Å². The summed E-state index contributed by atoms with van der Waals surface area (Å²) < 4.78 is 12.9. The van der Waals surface area contributed by atoms with Gasteiger partial charge < -0.3 is 5.32 Å². The molecule has 0 aliphatic rings. The van der Waals surface area contributed by atoms with Gasteiger partial charge in [0.2, 0.25) is 5.91 Å². The van der Waals surface area contributed by atoms with Crippen molar-refractivity contribution in [1.29, 1.82) is 0 Å². The van der Waals surface area contributed by atoms with Gasteiger partial charge in [-0.15, -0.1) is 11.3 Å². The molecular weight excluding hydrogens is 347 g/mol. The predicted molar refractivity (Wildman–Crippen MR) is 104 cm³/mol. The van der Waals surface area contributed by atoms with E-state index in [2.05, 4.69) is 22.4 Å². The molecule has 5 heteroatoms. The van der Waals surface area contributed by atoms with Gasteiger partial charge in [-0.05, 0) is 38.0 Å². The summed E-state index contributed by atoms with van der Waals surface area (Å²) in [6, 6.07) is 14.5. The monoisotopic (exact) mass is 368 g/mol. The first-order valence-corrected chi connectivity index (χ1v) is 9.37. The van der Waals surface area contributed by atoms with Gasteiger partial charge >= 0.3 is 0 Å². The molecule has 0 bridgehead atoms. The number of amides is 1. The lowest BCUT2D eigenvalue weighted by Gasteiger charge is -2.06. The van der Waals surface area contributed by atoms with Gasteiger partial charge in [0.05, 0.1) is 17.1 Å². The first kappa shape index (κ1) is 18.3. The highest BCUT2D eigenvalue weighted by atomic mass is 32.1. The molecule has 1 aromatic heterocycles. The Balaban J connectivity index is 1.60. The maximum Gasteiger partial charge on any atom is 0.225 e. The van der Waals surface area contributed by atoms with Crippen molar-refractivity contribution in [3.8, 4) is 11.3 Å². The zero-order valence-corrected chi connectivity index (χ0v) is 15.7. The Kier molecular flexibility index (Phi) is 5.78. The molecule has 0 fully saturated rings. The maximum atomic E-state index is 12.9. The Bertz CT molecular complexity index is 885. The Hall–Kier alpha value is -2.53. The van der Waals surface area contributed by atoms with Gasteiger partial charge in [-0.1, -0.05) is 42.0 Å². The standard InChI is InChI=1S/C21H21FN2OS/c1-14-3-7-17(8-4-14)21-19(26-15(2)24-21)13-20(25)23-12-11-16-5-9-18(22)10-6-16/h3-10H,11-13H2,1-2H3,(H,23,25). The van der Waals surface area contributed by atoms with Gasteiger partial charge in [-0.25, -0.2) is 9.37 Å². The largest absolute Gasteiger partial charge is 0.355 e. The van der Waals surface area contributed by atoms with Crippen molar-refractivity contribution in [2.75, 3.05) is 6.54 Å². The van der Waals surface area contributed by atoms with E-state index >= 15 is 0 Å². The van der Waals surface area contributed by atoms with Crippen LogP contribution in [0.2, 0.25) is 0 Å². The lowest BCUT2D eigenvalue weighted by Crippen LogP contribution is -2.27. The summed E-state index contributed by atoms with van der Waals surface area (Å²) in [4.78, 5) is 17.9. The minimum atomic E-state index is -0.248. The molecule has 0 atom stereocenters. The van der Waals surface area contributed by atoms with Crippen LogP contribution >= 0.6 is 11.3 Å². The number of benzene rings is 2. The Labute approximate surface area is 156 Å². The molecule has 0 radical (unpaired) electrons.